The van der Waals surface area contributed by atoms with Crippen molar-refractivity contribution in [3.8, 4) is 22.9 Å². The van der Waals surface area contributed by atoms with Crippen LogP contribution in [0, 0.1) is 0 Å². The molecule has 0 atom stereocenters. The highest BCUT2D eigenvalue weighted by atomic mass is 32.1. The molecule has 0 saturated heterocycles. The van der Waals surface area contributed by atoms with E-state index in [1.54, 1.807) is 7.11 Å². The Morgan fingerprint density at radius 3 is 2.32 bits per heavy atom. The maximum Gasteiger partial charge on any atom is 0.291 e. The summed E-state index contributed by atoms with van der Waals surface area (Å²) >= 11 is 1.32. The maximum atomic E-state index is 12.7. The number of ether oxygens (including phenoxy) is 2. The van der Waals surface area contributed by atoms with E-state index in [-0.39, 0.29) is 11.7 Å². The number of hydrogen-bond donors (Lipinski definition) is 0. The predicted octanol–water partition coefficient (Wildman–Crippen LogP) is 3.16. The van der Waals surface area contributed by atoms with Crippen LogP contribution in [-0.2, 0) is 0 Å². The van der Waals surface area contributed by atoms with Crippen molar-refractivity contribution in [1.82, 2.24) is 14.6 Å². The minimum atomic E-state index is -0.172. The molecule has 7 heteroatoms. The number of nitrogens with zero attached hydrogens (tertiary/aromatic N) is 3. The molecule has 0 spiro atoms. The highest BCUT2D eigenvalue weighted by Crippen LogP contribution is 2.21. The molecule has 0 amide bonds. The molecule has 0 fully saturated rings. The van der Waals surface area contributed by atoms with Gasteiger partial charge in [0.1, 0.15) is 11.5 Å². The summed E-state index contributed by atoms with van der Waals surface area (Å²) in [5, 5.41) is 4.39. The van der Waals surface area contributed by atoms with Gasteiger partial charge in [-0.1, -0.05) is 23.5 Å². The fourth-order valence-corrected chi connectivity index (χ4v) is 3.67. The van der Waals surface area contributed by atoms with Gasteiger partial charge >= 0.3 is 0 Å². The molecule has 0 saturated carbocycles. The van der Waals surface area contributed by atoms with Crippen molar-refractivity contribution in [2.45, 2.75) is 20.0 Å². The zero-order valence-corrected chi connectivity index (χ0v) is 16.6. The minimum absolute atomic E-state index is 0.116. The molecule has 0 unspecified atom stereocenters. The first-order valence-corrected chi connectivity index (χ1v) is 9.67. The number of rotatable bonds is 5. The van der Waals surface area contributed by atoms with Gasteiger partial charge in [-0.25, -0.2) is 0 Å². The molecule has 0 aliphatic heterocycles. The minimum Gasteiger partial charge on any atom is -0.497 e. The molecule has 2 heterocycles. The highest BCUT2D eigenvalue weighted by Gasteiger charge is 2.12. The summed E-state index contributed by atoms with van der Waals surface area (Å²) in [6.07, 6.45) is 1.95. The lowest BCUT2D eigenvalue weighted by Gasteiger charge is -2.09. The second-order valence-corrected chi connectivity index (χ2v) is 7.52. The van der Waals surface area contributed by atoms with Crippen LogP contribution in [0.1, 0.15) is 19.4 Å². The number of hydrogen-bond acceptors (Lipinski definition) is 6. The van der Waals surface area contributed by atoms with Crippen LogP contribution < -0.4 is 19.6 Å². The number of benzene rings is 2. The third kappa shape index (κ3) is 3.61. The van der Waals surface area contributed by atoms with Crippen LogP contribution in [0.25, 0.3) is 22.4 Å². The van der Waals surface area contributed by atoms with E-state index in [2.05, 4.69) is 10.1 Å². The zero-order valence-electron chi connectivity index (χ0n) is 15.7. The van der Waals surface area contributed by atoms with E-state index in [1.807, 2.05) is 68.5 Å². The SMILES string of the molecule is COc1ccc(/C=c2/sc3nc(-c4ccc(OC(C)C)cc4)nn3c2=O)cc1. The van der Waals surface area contributed by atoms with Gasteiger partial charge in [-0.3, -0.25) is 4.79 Å². The second-order valence-electron chi connectivity index (χ2n) is 6.51. The molecule has 0 aliphatic rings. The van der Waals surface area contributed by atoms with E-state index in [0.717, 1.165) is 22.6 Å². The van der Waals surface area contributed by atoms with Crippen molar-refractivity contribution in [1.29, 1.82) is 0 Å². The molecular formula is C21H19N3O3S. The Bertz CT molecular complexity index is 1210. The van der Waals surface area contributed by atoms with Crippen LogP contribution in [0.4, 0.5) is 0 Å². The smallest absolute Gasteiger partial charge is 0.291 e. The van der Waals surface area contributed by atoms with Crippen LogP contribution in [0.15, 0.2) is 53.3 Å². The van der Waals surface area contributed by atoms with E-state index in [4.69, 9.17) is 9.47 Å². The van der Waals surface area contributed by atoms with E-state index in [0.29, 0.717) is 15.3 Å². The fourth-order valence-electron chi connectivity index (χ4n) is 2.76. The Labute approximate surface area is 165 Å². The summed E-state index contributed by atoms with van der Waals surface area (Å²) in [6, 6.07) is 15.1. The lowest BCUT2D eigenvalue weighted by molar-refractivity contribution is 0.242. The quantitative estimate of drug-likeness (QED) is 0.521. The van der Waals surface area contributed by atoms with Gasteiger partial charge in [-0.05, 0) is 61.9 Å². The molecule has 0 radical (unpaired) electrons. The molecular weight excluding hydrogens is 374 g/mol. The Morgan fingerprint density at radius 2 is 1.71 bits per heavy atom. The number of fused-ring (bicyclic) bond motifs is 1. The Morgan fingerprint density at radius 1 is 1.04 bits per heavy atom. The van der Waals surface area contributed by atoms with Gasteiger partial charge in [0, 0.05) is 5.56 Å². The molecule has 4 aromatic rings. The molecule has 2 aromatic heterocycles. The maximum absolute atomic E-state index is 12.7. The lowest BCUT2D eigenvalue weighted by atomic mass is 10.2. The van der Waals surface area contributed by atoms with Gasteiger partial charge in [0.25, 0.3) is 5.56 Å². The van der Waals surface area contributed by atoms with E-state index < -0.39 is 0 Å². The Kier molecular flexibility index (Phi) is 4.83. The van der Waals surface area contributed by atoms with Gasteiger partial charge < -0.3 is 9.47 Å². The predicted molar refractivity (Wildman–Crippen MR) is 110 cm³/mol. The second kappa shape index (κ2) is 7.44. The van der Waals surface area contributed by atoms with Crippen molar-refractivity contribution in [3.05, 3.63) is 69.0 Å². The standard InChI is InChI=1S/C21H19N3O3S/c1-13(2)27-17-10-6-15(7-11-17)19-22-21-24(23-19)20(25)18(28-21)12-14-4-8-16(26-3)9-5-14/h4-13H,1-3H3/b18-12+. The summed E-state index contributed by atoms with van der Waals surface area (Å²) in [5.41, 5.74) is 1.59. The van der Waals surface area contributed by atoms with E-state index >= 15 is 0 Å². The summed E-state index contributed by atoms with van der Waals surface area (Å²) in [7, 11) is 1.62. The monoisotopic (exact) mass is 393 g/mol. The van der Waals surface area contributed by atoms with E-state index in [1.165, 1.54) is 15.9 Å². The van der Waals surface area contributed by atoms with Crippen LogP contribution >= 0.6 is 11.3 Å². The first kappa shape index (κ1) is 18.2. The van der Waals surface area contributed by atoms with Crippen molar-refractivity contribution < 1.29 is 9.47 Å². The first-order valence-electron chi connectivity index (χ1n) is 8.86. The fraction of sp³-hybridized carbons (Fsp3) is 0.190. The summed E-state index contributed by atoms with van der Waals surface area (Å²) in [5.74, 6) is 2.09. The molecule has 2 aromatic carbocycles. The van der Waals surface area contributed by atoms with Crippen molar-refractivity contribution in [2.75, 3.05) is 7.11 Å². The average molecular weight is 393 g/mol. The van der Waals surface area contributed by atoms with Gasteiger partial charge in [-0.15, -0.1) is 5.10 Å². The van der Waals surface area contributed by atoms with Gasteiger partial charge in [0.05, 0.1) is 17.7 Å². The first-order chi connectivity index (χ1) is 13.5. The lowest BCUT2D eigenvalue weighted by Crippen LogP contribution is -2.23. The van der Waals surface area contributed by atoms with E-state index in [9.17, 15) is 4.79 Å². The Balaban J connectivity index is 1.66. The van der Waals surface area contributed by atoms with Gasteiger partial charge in [0.2, 0.25) is 4.96 Å². The topological polar surface area (TPSA) is 65.7 Å². The van der Waals surface area contributed by atoms with Crippen molar-refractivity contribution in [2.24, 2.45) is 0 Å². The van der Waals surface area contributed by atoms with Crippen LogP contribution in [-0.4, -0.2) is 27.8 Å². The number of methoxy groups -OCH3 is 1. The van der Waals surface area contributed by atoms with Crippen molar-refractivity contribution >= 4 is 22.4 Å². The molecule has 0 aliphatic carbocycles. The Hall–Kier alpha value is -3.19. The zero-order chi connectivity index (χ0) is 19.7. The number of aromatic nitrogens is 3. The third-order valence-corrected chi connectivity index (χ3v) is 5.04. The molecule has 142 valence electrons. The highest BCUT2D eigenvalue weighted by molar-refractivity contribution is 7.15. The van der Waals surface area contributed by atoms with Gasteiger partial charge in [0.15, 0.2) is 5.82 Å². The molecule has 0 bridgehead atoms. The van der Waals surface area contributed by atoms with Gasteiger partial charge in [-0.2, -0.15) is 9.50 Å². The normalized spacial score (nSPS) is 12.1. The average Bonchev–Trinajstić information content (AvgIpc) is 3.22. The molecule has 4 rings (SSSR count). The van der Waals surface area contributed by atoms with Crippen molar-refractivity contribution in [3.63, 3.8) is 0 Å². The van der Waals surface area contributed by atoms with Crippen LogP contribution in [0.5, 0.6) is 11.5 Å². The van der Waals surface area contributed by atoms with Crippen LogP contribution in [0.3, 0.4) is 0 Å². The van der Waals surface area contributed by atoms with Crippen LogP contribution in [0.2, 0.25) is 0 Å². The largest absolute Gasteiger partial charge is 0.497 e. The number of thiazole rings is 1. The summed E-state index contributed by atoms with van der Waals surface area (Å²) in [6.45, 7) is 3.96. The molecule has 6 nitrogen and oxygen atoms in total. The molecule has 0 N–H and O–H groups in total. The third-order valence-electron chi connectivity index (χ3n) is 4.08. The summed E-state index contributed by atoms with van der Waals surface area (Å²) in [4.78, 5) is 17.8. The summed E-state index contributed by atoms with van der Waals surface area (Å²) < 4.78 is 12.7. The molecule has 28 heavy (non-hydrogen) atoms.